The van der Waals surface area contributed by atoms with Crippen LogP contribution < -0.4 is 5.32 Å². The maximum absolute atomic E-state index is 11.7. The number of carbonyl (C=O) groups excluding carboxylic acids is 1. The molecule has 1 N–H and O–H groups in total. The molecule has 0 aromatic heterocycles. The van der Waals surface area contributed by atoms with Gasteiger partial charge in [0, 0.05) is 38.6 Å². The molecule has 4 heteroatoms. The van der Waals surface area contributed by atoms with E-state index in [0.29, 0.717) is 11.8 Å². The lowest BCUT2D eigenvalue weighted by molar-refractivity contribution is -0.128. The van der Waals surface area contributed by atoms with Crippen molar-refractivity contribution in [2.75, 3.05) is 45.8 Å². The summed E-state index contributed by atoms with van der Waals surface area (Å²) >= 11 is 0. The maximum Gasteiger partial charge on any atom is 0.223 e. The minimum Gasteiger partial charge on any atom is -0.356 e. The van der Waals surface area contributed by atoms with Crippen LogP contribution in [0.2, 0.25) is 0 Å². The molecule has 3 fully saturated rings. The lowest BCUT2D eigenvalue weighted by atomic mass is 9.81. The molecule has 0 unspecified atom stereocenters. The Labute approximate surface area is 110 Å². The normalized spacial score (nSPS) is 37.8. The van der Waals surface area contributed by atoms with Crippen molar-refractivity contribution in [3.63, 3.8) is 0 Å². The summed E-state index contributed by atoms with van der Waals surface area (Å²) in [6.07, 6.45) is 2.75. The highest BCUT2D eigenvalue weighted by atomic mass is 16.1. The molecular weight excluding hydrogens is 226 g/mol. The third kappa shape index (κ3) is 2.41. The van der Waals surface area contributed by atoms with Crippen LogP contribution in [0.4, 0.5) is 0 Å². The van der Waals surface area contributed by atoms with Gasteiger partial charge in [-0.15, -0.1) is 0 Å². The molecule has 102 valence electrons. The fourth-order valence-corrected chi connectivity index (χ4v) is 3.83. The van der Waals surface area contributed by atoms with E-state index < -0.39 is 0 Å². The summed E-state index contributed by atoms with van der Waals surface area (Å²) in [4.78, 5) is 16.8. The van der Waals surface area contributed by atoms with Gasteiger partial charge >= 0.3 is 0 Å². The van der Waals surface area contributed by atoms with Gasteiger partial charge in [-0.1, -0.05) is 6.92 Å². The Morgan fingerprint density at radius 3 is 2.67 bits per heavy atom. The van der Waals surface area contributed by atoms with E-state index in [-0.39, 0.29) is 11.8 Å². The Kier molecular flexibility index (Phi) is 3.57. The Hall–Kier alpha value is -0.610. The van der Waals surface area contributed by atoms with Crippen LogP contribution >= 0.6 is 0 Å². The highest BCUT2D eigenvalue weighted by Gasteiger charge is 2.41. The zero-order valence-corrected chi connectivity index (χ0v) is 11.4. The van der Waals surface area contributed by atoms with E-state index in [4.69, 9.17) is 0 Å². The Morgan fingerprint density at radius 2 is 1.89 bits per heavy atom. The molecule has 0 radical (unpaired) electrons. The summed E-state index contributed by atoms with van der Waals surface area (Å²) in [6.45, 7) is 10.3. The summed E-state index contributed by atoms with van der Waals surface area (Å²) in [6, 6.07) is 0. The Balaban J connectivity index is 1.49. The molecule has 0 spiro atoms. The van der Waals surface area contributed by atoms with E-state index in [1.165, 1.54) is 45.6 Å². The average molecular weight is 251 g/mol. The van der Waals surface area contributed by atoms with Crippen molar-refractivity contribution < 1.29 is 4.79 Å². The van der Waals surface area contributed by atoms with Crippen molar-refractivity contribution in [2.24, 2.45) is 17.8 Å². The van der Waals surface area contributed by atoms with Crippen molar-refractivity contribution >= 4 is 5.91 Å². The van der Waals surface area contributed by atoms with Crippen molar-refractivity contribution in [3.05, 3.63) is 0 Å². The summed E-state index contributed by atoms with van der Waals surface area (Å²) in [5.74, 6) is 1.76. The van der Waals surface area contributed by atoms with E-state index in [2.05, 4.69) is 22.0 Å². The highest BCUT2D eigenvalue weighted by molar-refractivity contribution is 5.79. The second-order valence-corrected chi connectivity index (χ2v) is 6.27. The van der Waals surface area contributed by atoms with Gasteiger partial charge in [0.25, 0.3) is 0 Å². The van der Waals surface area contributed by atoms with E-state index >= 15 is 0 Å². The fourth-order valence-electron chi connectivity index (χ4n) is 3.83. The van der Waals surface area contributed by atoms with Gasteiger partial charge in [0.15, 0.2) is 0 Å². The predicted octanol–water partition coefficient (Wildman–Crippen LogP) is 0.396. The quantitative estimate of drug-likeness (QED) is 0.788. The van der Waals surface area contributed by atoms with Crippen LogP contribution in [0.1, 0.15) is 19.8 Å². The predicted molar refractivity (Wildman–Crippen MR) is 71.3 cm³/mol. The molecule has 0 saturated carbocycles. The van der Waals surface area contributed by atoms with Crippen molar-refractivity contribution in [1.29, 1.82) is 0 Å². The number of amides is 1. The lowest BCUT2D eigenvalue weighted by Gasteiger charge is -2.30. The average Bonchev–Trinajstić information content (AvgIpc) is 3.00. The Bertz CT molecular complexity index is 314. The number of hydrogen-bond acceptors (Lipinski definition) is 3. The maximum atomic E-state index is 11.7. The number of rotatable bonds is 3. The zero-order chi connectivity index (χ0) is 12.5. The molecule has 0 bridgehead atoms. The number of piperidine rings is 1. The number of hydrogen-bond donors (Lipinski definition) is 1. The summed E-state index contributed by atoms with van der Waals surface area (Å²) < 4.78 is 0. The second-order valence-electron chi connectivity index (χ2n) is 6.27. The number of carbonyl (C=O) groups is 1. The monoisotopic (exact) mass is 251 g/mol. The van der Waals surface area contributed by atoms with Gasteiger partial charge in [-0.3, -0.25) is 4.79 Å². The third-order valence-corrected chi connectivity index (χ3v) is 5.09. The molecule has 3 atom stereocenters. The van der Waals surface area contributed by atoms with Crippen LogP contribution in [0.5, 0.6) is 0 Å². The van der Waals surface area contributed by atoms with Crippen LogP contribution in [-0.2, 0) is 4.79 Å². The van der Waals surface area contributed by atoms with Crippen molar-refractivity contribution in [1.82, 2.24) is 15.1 Å². The molecule has 0 aromatic carbocycles. The molecule has 18 heavy (non-hydrogen) atoms. The van der Waals surface area contributed by atoms with Crippen LogP contribution in [-0.4, -0.2) is 61.5 Å². The molecule has 1 amide bonds. The highest BCUT2D eigenvalue weighted by Crippen LogP contribution is 2.32. The van der Waals surface area contributed by atoms with Gasteiger partial charge in [0.2, 0.25) is 5.91 Å². The van der Waals surface area contributed by atoms with Gasteiger partial charge in [-0.05, 0) is 37.8 Å². The Morgan fingerprint density at radius 1 is 1.17 bits per heavy atom. The number of nitrogens with one attached hydrogen (secondary N) is 1. The third-order valence-electron chi connectivity index (χ3n) is 5.09. The zero-order valence-electron chi connectivity index (χ0n) is 11.4. The number of likely N-dealkylation sites (tertiary alicyclic amines) is 2. The van der Waals surface area contributed by atoms with E-state index in [1.54, 1.807) is 0 Å². The van der Waals surface area contributed by atoms with Gasteiger partial charge in [-0.25, -0.2) is 0 Å². The minimum absolute atomic E-state index is 0.209. The molecule has 0 aromatic rings. The van der Waals surface area contributed by atoms with Crippen LogP contribution in [0.15, 0.2) is 0 Å². The van der Waals surface area contributed by atoms with Gasteiger partial charge in [-0.2, -0.15) is 0 Å². The molecule has 4 nitrogen and oxygen atoms in total. The van der Waals surface area contributed by atoms with E-state index in [9.17, 15) is 4.79 Å². The fraction of sp³-hybridized carbons (Fsp3) is 0.929. The molecule has 3 aliphatic rings. The lowest BCUT2D eigenvalue weighted by Crippen LogP contribution is -2.46. The van der Waals surface area contributed by atoms with Crippen molar-refractivity contribution in [2.45, 2.75) is 19.8 Å². The van der Waals surface area contributed by atoms with Gasteiger partial charge in [0.05, 0.1) is 0 Å². The topological polar surface area (TPSA) is 35.6 Å². The standard InChI is InChI=1S/C14H25N3O/c1-11-13-10-17(7-6-16-4-2-3-5-16)9-12(13)8-15-14(11)18/h11-13H,2-10H2,1H3,(H,15,18)/t11-,12-,13-/m1/s1. The summed E-state index contributed by atoms with van der Waals surface area (Å²) in [5.41, 5.74) is 0. The molecule has 3 saturated heterocycles. The SMILES string of the molecule is C[C@H]1C(=O)NC[C@@H]2CN(CCN3CCCC3)C[C@@H]21. The first kappa shape index (κ1) is 12.4. The summed E-state index contributed by atoms with van der Waals surface area (Å²) in [5, 5.41) is 3.04. The molecule has 3 heterocycles. The van der Waals surface area contributed by atoms with Crippen LogP contribution in [0, 0.1) is 17.8 Å². The second kappa shape index (κ2) is 5.17. The smallest absolute Gasteiger partial charge is 0.223 e. The molecular formula is C14H25N3O. The largest absolute Gasteiger partial charge is 0.356 e. The molecule has 0 aliphatic carbocycles. The van der Waals surface area contributed by atoms with E-state index in [0.717, 1.165) is 13.1 Å². The minimum atomic E-state index is 0.209. The van der Waals surface area contributed by atoms with Gasteiger partial charge in [0.1, 0.15) is 0 Å². The van der Waals surface area contributed by atoms with Crippen LogP contribution in [0.25, 0.3) is 0 Å². The first-order valence-electron chi connectivity index (χ1n) is 7.46. The molecule has 3 rings (SSSR count). The first-order chi connectivity index (χ1) is 8.74. The van der Waals surface area contributed by atoms with Crippen molar-refractivity contribution in [3.8, 4) is 0 Å². The van der Waals surface area contributed by atoms with E-state index in [1.807, 2.05) is 0 Å². The number of nitrogens with zero attached hydrogens (tertiary/aromatic N) is 2. The summed E-state index contributed by atoms with van der Waals surface area (Å²) in [7, 11) is 0. The molecule has 3 aliphatic heterocycles. The van der Waals surface area contributed by atoms with Crippen LogP contribution in [0.3, 0.4) is 0 Å². The van der Waals surface area contributed by atoms with Gasteiger partial charge < -0.3 is 15.1 Å². The number of fused-ring (bicyclic) bond motifs is 1. The first-order valence-corrected chi connectivity index (χ1v) is 7.46.